The zero-order valence-corrected chi connectivity index (χ0v) is 17.4. The maximum absolute atomic E-state index is 12.9. The highest BCUT2D eigenvalue weighted by molar-refractivity contribution is 7.09. The number of thiophene rings is 1. The lowest BCUT2D eigenvalue weighted by Gasteiger charge is -2.36. The van der Waals surface area contributed by atoms with Crippen molar-refractivity contribution in [3.8, 4) is 0 Å². The number of carboxylic acids is 1. The van der Waals surface area contributed by atoms with E-state index < -0.39 is 5.97 Å². The molecule has 0 aliphatic carbocycles. The topological polar surface area (TPSA) is 77.9 Å². The fraction of sp³-hybridized carbons (Fsp3) is 0.125. The molecule has 2 aromatic carbocycles. The highest BCUT2D eigenvalue weighted by Crippen LogP contribution is 2.35. The summed E-state index contributed by atoms with van der Waals surface area (Å²) >= 11 is 1.62. The normalized spacial score (nSPS) is 13.5. The first-order valence-corrected chi connectivity index (χ1v) is 10.7. The Kier molecular flexibility index (Phi) is 5.95. The minimum atomic E-state index is -1.09. The van der Waals surface area contributed by atoms with Crippen molar-refractivity contribution in [1.29, 1.82) is 0 Å². The number of carbonyl (C=O) groups is 3. The van der Waals surface area contributed by atoms with E-state index in [1.54, 1.807) is 28.4 Å². The lowest BCUT2D eigenvalue weighted by atomic mass is 10.1. The third-order valence-corrected chi connectivity index (χ3v) is 5.98. The molecule has 1 aromatic heterocycles. The number of aromatic carboxylic acids is 1. The molecular weight excluding hydrogens is 412 g/mol. The summed E-state index contributed by atoms with van der Waals surface area (Å²) in [4.78, 5) is 41.5. The Morgan fingerprint density at radius 3 is 2.55 bits per heavy atom. The number of nitrogens with zero attached hydrogens (tertiary/aromatic N) is 2. The van der Waals surface area contributed by atoms with Gasteiger partial charge in [0.25, 0.3) is 5.91 Å². The molecule has 7 heteroatoms. The molecular formula is C24H20N2O4S. The first-order valence-electron chi connectivity index (χ1n) is 9.77. The summed E-state index contributed by atoms with van der Waals surface area (Å²) in [7, 11) is 0. The van der Waals surface area contributed by atoms with Gasteiger partial charge in [0.1, 0.15) is 6.54 Å². The number of anilines is 2. The average Bonchev–Trinajstić information content (AvgIpc) is 3.30. The number of hydrogen-bond donors (Lipinski definition) is 1. The summed E-state index contributed by atoms with van der Waals surface area (Å²) in [6, 6.07) is 17.9. The van der Waals surface area contributed by atoms with Crippen LogP contribution in [-0.4, -0.2) is 36.0 Å². The maximum atomic E-state index is 12.9. The highest BCUT2D eigenvalue weighted by Gasteiger charge is 2.32. The van der Waals surface area contributed by atoms with Gasteiger partial charge in [-0.05, 0) is 47.7 Å². The molecule has 1 aliphatic heterocycles. The quantitative estimate of drug-likeness (QED) is 0.596. The third-order valence-electron chi connectivity index (χ3n) is 5.04. The van der Waals surface area contributed by atoms with Crippen LogP contribution in [0.3, 0.4) is 0 Å². The van der Waals surface area contributed by atoms with Crippen LogP contribution in [0.5, 0.6) is 0 Å². The summed E-state index contributed by atoms with van der Waals surface area (Å²) in [5.41, 5.74) is 1.89. The van der Waals surface area contributed by atoms with Crippen LogP contribution in [0.1, 0.15) is 20.8 Å². The predicted molar refractivity (Wildman–Crippen MR) is 122 cm³/mol. The number of carboxylic acid groups (broad SMARTS) is 1. The zero-order chi connectivity index (χ0) is 21.8. The van der Waals surface area contributed by atoms with Crippen molar-refractivity contribution in [2.24, 2.45) is 0 Å². The van der Waals surface area contributed by atoms with Crippen molar-refractivity contribution in [2.45, 2.75) is 6.42 Å². The summed E-state index contributed by atoms with van der Waals surface area (Å²) in [5.74, 6) is -1.66. The van der Waals surface area contributed by atoms with E-state index in [4.69, 9.17) is 0 Å². The summed E-state index contributed by atoms with van der Waals surface area (Å²) in [6.07, 6.45) is 3.77. The largest absolute Gasteiger partial charge is 0.478 e. The fourth-order valence-corrected chi connectivity index (χ4v) is 4.18. The number of rotatable bonds is 6. The Bertz CT molecular complexity index is 1140. The lowest BCUT2D eigenvalue weighted by molar-refractivity contribution is -0.120. The first kappa shape index (κ1) is 20.6. The van der Waals surface area contributed by atoms with Crippen LogP contribution in [0, 0.1) is 0 Å². The predicted octanol–water partition coefficient (Wildman–Crippen LogP) is 4.08. The molecule has 4 rings (SSSR count). The van der Waals surface area contributed by atoms with Gasteiger partial charge in [-0.3, -0.25) is 14.5 Å². The van der Waals surface area contributed by atoms with Crippen molar-refractivity contribution in [1.82, 2.24) is 0 Å². The van der Waals surface area contributed by atoms with Gasteiger partial charge in [0, 0.05) is 17.5 Å². The number of benzene rings is 2. The standard InChI is InChI=1S/C24H20N2O4S/c27-22(11-8-17-5-2-1-3-6-17)26-16-23(28)25(13-12-19-7-4-14-31-19)20-10-9-18(24(29)30)15-21(20)26/h1-11,14-15H,12-13,16H2,(H,29,30)/b11-8+. The van der Waals surface area contributed by atoms with E-state index >= 15 is 0 Å². The van der Waals surface area contributed by atoms with E-state index in [-0.39, 0.29) is 23.9 Å². The molecule has 1 N–H and O–H groups in total. The number of fused-ring (bicyclic) bond motifs is 1. The van der Waals surface area contributed by atoms with Crippen LogP contribution < -0.4 is 9.80 Å². The molecule has 0 saturated heterocycles. The first-order chi connectivity index (χ1) is 15.0. The SMILES string of the molecule is O=C(O)c1ccc2c(c1)N(C(=O)/C=C/c1ccccc1)CC(=O)N2CCc1cccs1. The zero-order valence-electron chi connectivity index (χ0n) is 16.6. The van der Waals surface area contributed by atoms with E-state index in [0.29, 0.717) is 24.3 Å². The second kappa shape index (κ2) is 8.97. The molecule has 0 radical (unpaired) electrons. The van der Waals surface area contributed by atoms with Crippen molar-refractivity contribution in [2.75, 3.05) is 22.9 Å². The Labute approximate surface area is 183 Å². The molecule has 2 heterocycles. The molecule has 0 saturated carbocycles. The summed E-state index contributed by atoms with van der Waals surface area (Å²) in [6.45, 7) is 0.319. The molecule has 1 aliphatic rings. The van der Waals surface area contributed by atoms with Crippen LogP contribution in [0.4, 0.5) is 11.4 Å². The maximum Gasteiger partial charge on any atom is 0.335 e. The fourth-order valence-electron chi connectivity index (χ4n) is 3.48. The van der Waals surface area contributed by atoms with Gasteiger partial charge >= 0.3 is 5.97 Å². The monoisotopic (exact) mass is 432 g/mol. The molecule has 6 nitrogen and oxygen atoms in total. The van der Waals surface area contributed by atoms with Crippen molar-refractivity contribution >= 4 is 46.6 Å². The minimum absolute atomic E-state index is 0.0659. The molecule has 31 heavy (non-hydrogen) atoms. The third kappa shape index (κ3) is 4.57. The second-order valence-electron chi connectivity index (χ2n) is 7.05. The smallest absolute Gasteiger partial charge is 0.335 e. The van der Waals surface area contributed by atoms with Crippen LogP contribution in [-0.2, 0) is 16.0 Å². The van der Waals surface area contributed by atoms with Gasteiger partial charge in [-0.15, -0.1) is 11.3 Å². The second-order valence-corrected chi connectivity index (χ2v) is 8.08. The summed E-state index contributed by atoms with van der Waals surface area (Å²) in [5, 5.41) is 11.4. The number of carbonyl (C=O) groups excluding carboxylic acids is 2. The van der Waals surface area contributed by atoms with Crippen molar-refractivity contribution in [3.63, 3.8) is 0 Å². The Morgan fingerprint density at radius 1 is 1.03 bits per heavy atom. The van der Waals surface area contributed by atoms with Gasteiger partial charge in [-0.25, -0.2) is 4.79 Å². The van der Waals surface area contributed by atoms with E-state index in [1.807, 2.05) is 47.8 Å². The molecule has 0 unspecified atom stereocenters. The van der Waals surface area contributed by atoms with E-state index in [2.05, 4.69) is 0 Å². The molecule has 2 amide bonds. The molecule has 0 bridgehead atoms. The Hall–Kier alpha value is -3.71. The van der Waals surface area contributed by atoms with Crippen LogP contribution in [0.15, 0.2) is 72.1 Å². The Morgan fingerprint density at radius 2 is 1.84 bits per heavy atom. The van der Waals surface area contributed by atoms with Gasteiger partial charge in [0.2, 0.25) is 5.91 Å². The van der Waals surface area contributed by atoms with E-state index in [0.717, 1.165) is 10.4 Å². The molecule has 0 fully saturated rings. The molecule has 3 aromatic rings. The van der Waals surface area contributed by atoms with Crippen molar-refractivity contribution < 1.29 is 19.5 Å². The molecule has 0 atom stereocenters. The Balaban J connectivity index is 1.65. The number of amides is 2. The van der Waals surface area contributed by atoms with Gasteiger partial charge in [-0.2, -0.15) is 0 Å². The summed E-state index contributed by atoms with van der Waals surface area (Å²) < 4.78 is 0. The minimum Gasteiger partial charge on any atom is -0.478 e. The molecule has 0 spiro atoms. The van der Waals surface area contributed by atoms with Crippen LogP contribution >= 0.6 is 11.3 Å². The van der Waals surface area contributed by atoms with Crippen molar-refractivity contribution in [3.05, 3.63) is 88.1 Å². The van der Waals surface area contributed by atoms with Crippen LogP contribution in [0.25, 0.3) is 6.08 Å². The van der Waals surface area contributed by atoms with Gasteiger partial charge in [0.05, 0.1) is 16.9 Å². The number of hydrogen-bond acceptors (Lipinski definition) is 4. The lowest BCUT2D eigenvalue weighted by Crippen LogP contribution is -2.48. The van der Waals surface area contributed by atoms with Gasteiger partial charge in [-0.1, -0.05) is 36.4 Å². The van der Waals surface area contributed by atoms with Gasteiger partial charge in [0.15, 0.2) is 0 Å². The van der Waals surface area contributed by atoms with E-state index in [1.165, 1.54) is 23.1 Å². The highest BCUT2D eigenvalue weighted by atomic mass is 32.1. The van der Waals surface area contributed by atoms with Crippen LogP contribution in [0.2, 0.25) is 0 Å². The van der Waals surface area contributed by atoms with E-state index in [9.17, 15) is 19.5 Å². The molecule has 156 valence electrons. The average molecular weight is 433 g/mol. The van der Waals surface area contributed by atoms with Gasteiger partial charge < -0.3 is 10.0 Å².